The molecule has 1 fully saturated rings. The van der Waals surface area contributed by atoms with E-state index in [1.807, 2.05) is 19.1 Å². The van der Waals surface area contributed by atoms with E-state index >= 15 is 0 Å². The van der Waals surface area contributed by atoms with Crippen molar-refractivity contribution in [1.82, 2.24) is 9.88 Å². The van der Waals surface area contributed by atoms with Crippen molar-refractivity contribution in [3.05, 3.63) is 84.1 Å². The Bertz CT molecular complexity index is 1280. The summed E-state index contributed by atoms with van der Waals surface area (Å²) < 4.78 is 27.8. The van der Waals surface area contributed by atoms with Crippen molar-refractivity contribution in [3.8, 4) is 0 Å². The second-order valence-electron chi connectivity index (χ2n) is 8.24. The second-order valence-corrected chi connectivity index (χ2v) is 9.92. The van der Waals surface area contributed by atoms with Crippen LogP contribution in [-0.2, 0) is 14.8 Å². The Balaban J connectivity index is 1.40. The average Bonchev–Trinajstić information content (AvgIpc) is 2.84. The van der Waals surface area contributed by atoms with Gasteiger partial charge in [0.1, 0.15) is 5.82 Å². The van der Waals surface area contributed by atoms with Gasteiger partial charge in [0.25, 0.3) is 15.9 Å². The van der Waals surface area contributed by atoms with E-state index in [-0.39, 0.29) is 22.6 Å². The van der Waals surface area contributed by atoms with E-state index in [2.05, 4.69) is 15.0 Å². The molecule has 1 aromatic heterocycles. The maximum absolute atomic E-state index is 13.0. The topological polar surface area (TPSA) is 108 Å². The first-order valence-corrected chi connectivity index (χ1v) is 12.5. The molecule has 2 N–H and O–H groups in total. The number of aromatic nitrogens is 1. The smallest absolute Gasteiger partial charge is 0.261 e. The maximum atomic E-state index is 13.0. The zero-order valence-corrected chi connectivity index (χ0v) is 19.6. The van der Waals surface area contributed by atoms with E-state index < -0.39 is 10.0 Å². The monoisotopic (exact) mass is 478 g/mol. The number of hydrogen-bond donors (Lipinski definition) is 2. The number of rotatable bonds is 6. The lowest BCUT2D eigenvalue weighted by Gasteiger charge is -2.32. The van der Waals surface area contributed by atoms with Crippen LogP contribution in [-0.4, -0.2) is 43.2 Å². The number of carbonyl (C=O) groups is 2. The molecule has 1 aliphatic rings. The van der Waals surface area contributed by atoms with Crippen LogP contribution in [0.5, 0.6) is 0 Å². The first kappa shape index (κ1) is 23.4. The van der Waals surface area contributed by atoms with Crippen LogP contribution in [0.2, 0.25) is 0 Å². The predicted octanol–water partition coefficient (Wildman–Crippen LogP) is 3.68. The Labute approximate surface area is 199 Å². The highest BCUT2D eigenvalue weighted by molar-refractivity contribution is 7.92. The number of para-hydroxylation sites is 1. The number of nitrogens with zero attached hydrogens (tertiary/aromatic N) is 2. The van der Waals surface area contributed by atoms with Crippen LogP contribution in [0.3, 0.4) is 0 Å². The van der Waals surface area contributed by atoms with E-state index in [1.165, 1.54) is 24.3 Å². The number of amides is 2. The fraction of sp³-hybridized carbons (Fsp3) is 0.240. The van der Waals surface area contributed by atoms with Crippen molar-refractivity contribution in [2.24, 2.45) is 5.92 Å². The highest BCUT2D eigenvalue weighted by Crippen LogP contribution is 2.22. The summed E-state index contributed by atoms with van der Waals surface area (Å²) in [5.74, 6) is -0.237. The molecule has 1 atom stereocenters. The molecule has 1 aliphatic heterocycles. The molecule has 34 heavy (non-hydrogen) atoms. The number of sulfonamides is 1. The summed E-state index contributed by atoms with van der Waals surface area (Å²) >= 11 is 0. The number of likely N-dealkylation sites (tertiary alicyclic amines) is 1. The summed E-state index contributed by atoms with van der Waals surface area (Å²) in [5.41, 5.74) is 1.64. The van der Waals surface area contributed by atoms with E-state index in [9.17, 15) is 18.0 Å². The summed E-state index contributed by atoms with van der Waals surface area (Å²) in [6, 6.07) is 19.8. The molecule has 1 saturated heterocycles. The molecule has 2 aromatic carbocycles. The lowest BCUT2D eigenvalue weighted by Crippen LogP contribution is -2.43. The zero-order valence-electron chi connectivity index (χ0n) is 18.8. The molecule has 0 aliphatic carbocycles. The van der Waals surface area contributed by atoms with E-state index in [1.54, 1.807) is 41.3 Å². The van der Waals surface area contributed by atoms with Gasteiger partial charge in [-0.2, -0.15) is 0 Å². The van der Waals surface area contributed by atoms with Gasteiger partial charge in [0, 0.05) is 30.0 Å². The maximum Gasteiger partial charge on any atom is 0.261 e. The highest BCUT2D eigenvalue weighted by Gasteiger charge is 2.29. The normalized spacial score (nSPS) is 16.0. The minimum Gasteiger partial charge on any atom is -0.338 e. The lowest BCUT2D eigenvalue weighted by atomic mass is 9.96. The summed E-state index contributed by atoms with van der Waals surface area (Å²) in [4.78, 5) is 31.8. The molecule has 176 valence electrons. The van der Waals surface area contributed by atoms with Gasteiger partial charge in [-0.1, -0.05) is 24.3 Å². The largest absolute Gasteiger partial charge is 0.338 e. The van der Waals surface area contributed by atoms with Gasteiger partial charge in [-0.05, 0) is 68.3 Å². The van der Waals surface area contributed by atoms with Gasteiger partial charge in [0.2, 0.25) is 5.91 Å². The molecule has 0 spiro atoms. The fourth-order valence-corrected chi connectivity index (χ4v) is 4.95. The molecule has 2 amide bonds. The predicted molar refractivity (Wildman–Crippen MR) is 130 cm³/mol. The van der Waals surface area contributed by atoms with Crippen molar-refractivity contribution in [2.45, 2.75) is 24.7 Å². The van der Waals surface area contributed by atoms with Gasteiger partial charge in [-0.3, -0.25) is 14.3 Å². The van der Waals surface area contributed by atoms with Crippen LogP contribution in [0.4, 0.5) is 11.5 Å². The number of hydrogen-bond acceptors (Lipinski definition) is 5. The lowest BCUT2D eigenvalue weighted by molar-refractivity contribution is -0.121. The number of aryl methyl sites for hydroxylation is 1. The van der Waals surface area contributed by atoms with Gasteiger partial charge < -0.3 is 10.2 Å². The Hall–Kier alpha value is -3.72. The van der Waals surface area contributed by atoms with Crippen LogP contribution in [0.25, 0.3) is 0 Å². The Morgan fingerprint density at radius 1 is 0.971 bits per heavy atom. The van der Waals surface area contributed by atoms with Gasteiger partial charge in [-0.15, -0.1) is 0 Å². The van der Waals surface area contributed by atoms with Crippen molar-refractivity contribution in [3.63, 3.8) is 0 Å². The van der Waals surface area contributed by atoms with Crippen molar-refractivity contribution >= 4 is 33.3 Å². The number of nitrogens with one attached hydrogen (secondary N) is 2. The fourth-order valence-electron chi connectivity index (χ4n) is 3.90. The van der Waals surface area contributed by atoms with Gasteiger partial charge >= 0.3 is 0 Å². The Kier molecular flexibility index (Phi) is 6.93. The Morgan fingerprint density at radius 2 is 1.71 bits per heavy atom. The second kappa shape index (κ2) is 10.0. The van der Waals surface area contributed by atoms with Crippen molar-refractivity contribution in [2.75, 3.05) is 23.1 Å². The van der Waals surface area contributed by atoms with E-state index in [0.29, 0.717) is 43.0 Å². The van der Waals surface area contributed by atoms with Crippen LogP contribution in [0, 0.1) is 12.8 Å². The molecule has 2 heterocycles. The standard InChI is InChI=1S/C25H26N4O4S/c1-18-7-5-11-23(26-18)27-24(30)20-8-6-16-29(17-20)25(31)19-12-14-22(15-13-19)34(32,33)28-21-9-3-2-4-10-21/h2-5,7,9-15,20,28H,6,8,16-17H2,1H3,(H,26,27,30). The van der Waals surface area contributed by atoms with Crippen LogP contribution >= 0.6 is 0 Å². The Morgan fingerprint density at radius 3 is 2.41 bits per heavy atom. The van der Waals surface area contributed by atoms with Crippen LogP contribution in [0.15, 0.2) is 77.7 Å². The third-order valence-electron chi connectivity index (χ3n) is 5.66. The minimum absolute atomic E-state index is 0.0643. The van der Waals surface area contributed by atoms with Crippen LogP contribution in [0.1, 0.15) is 28.9 Å². The highest BCUT2D eigenvalue weighted by atomic mass is 32.2. The molecule has 3 aromatic rings. The molecule has 1 unspecified atom stereocenters. The van der Waals surface area contributed by atoms with Gasteiger partial charge in [0.15, 0.2) is 0 Å². The summed E-state index contributed by atoms with van der Waals surface area (Å²) in [5, 5.41) is 2.83. The number of carbonyl (C=O) groups excluding carboxylic acids is 2. The average molecular weight is 479 g/mol. The zero-order chi connectivity index (χ0) is 24.1. The SMILES string of the molecule is Cc1cccc(NC(=O)C2CCCN(C(=O)c3ccc(S(=O)(=O)Nc4ccccc4)cc3)C2)n1. The van der Waals surface area contributed by atoms with E-state index in [0.717, 1.165) is 5.69 Å². The molecular formula is C25H26N4O4S. The number of anilines is 2. The van der Waals surface area contributed by atoms with Crippen LogP contribution < -0.4 is 10.0 Å². The van der Waals surface area contributed by atoms with Gasteiger partial charge in [-0.25, -0.2) is 13.4 Å². The van der Waals surface area contributed by atoms with Crippen molar-refractivity contribution in [1.29, 1.82) is 0 Å². The molecule has 9 heteroatoms. The molecule has 8 nitrogen and oxygen atoms in total. The van der Waals surface area contributed by atoms with E-state index in [4.69, 9.17) is 0 Å². The summed E-state index contributed by atoms with van der Waals surface area (Å²) in [7, 11) is -3.77. The number of piperidine rings is 1. The first-order valence-electron chi connectivity index (χ1n) is 11.0. The van der Waals surface area contributed by atoms with Gasteiger partial charge in [0.05, 0.1) is 10.8 Å². The molecule has 0 radical (unpaired) electrons. The number of benzene rings is 2. The third kappa shape index (κ3) is 5.60. The third-order valence-corrected chi connectivity index (χ3v) is 7.05. The van der Waals surface area contributed by atoms with Crippen molar-refractivity contribution < 1.29 is 18.0 Å². The molecule has 4 rings (SSSR count). The first-order chi connectivity index (χ1) is 16.3. The molecule has 0 saturated carbocycles. The summed E-state index contributed by atoms with van der Waals surface area (Å²) in [6.45, 7) is 2.69. The molecule has 0 bridgehead atoms. The summed E-state index contributed by atoms with van der Waals surface area (Å²) in [6.07, 6.45) is 1.39. The quantitative estimate of drug-likeness (QED) is 0.562. The number of pyridine rings is 1. The molecular weight excluding hydrogens is 452 g/mol. The minimum atomic E-state index is -3.77.